The van der Waals surface area contributed by atoms with E-state index in [9.17, 15) is 9.18 Å². The van der Waals surface area contributed by atoms with Crippen LogP contribution in [0.4, 0.5) is 21.7 Å². The van der Waals surface area contributed by atoms with Crippen molar-refractivity contribution in [2.45, 2.75) is 13.0 Å². The molecule has 4 rings (SSSR count). The van der Waals surface area contributed by atoms with Gasteiger partial charge in [-0.3, -0.25) is 10.0 Å². The SMILES string of the molecule is CC1CN(c2ccc(Nc3nccc(-c4ccc(C(=O)NO)cc4)n3)cc2F)CCO1. The largest absolute Gasteiger partial charge is 0.375 e. The standard InChI is InChI=1S/C22H22FN5O3/c1-14-13-28(10-11-31-14)20-7-6-17(12-18(20)23)25-22-24-9-8-19(26-22)15-2-4-16(5-3-15)21(29)27-30/h2-9,12,14,30H,10-11,13H2,1H3,(H,27,29)(H,24,25,26). The number of carbonyl (C=O) groups is 1. The fourth-order valence-electron chi connectivity index (χ4n) is 3.44. The molecule has 0 spiro atoms. The Balaban J connectivity index is 1.50. The van der Waals surface area contributed by atoms with Crippen LogP contribution in [0.3, 0.4) is 0 Å². The monoisotopic (exact) mass is 423 g/mol. The number of morpholine rings is 1. The maximum Gasteiger partial charge on any atom is 0.274 e. The number of ether oxygens (including phenoxy) is 1. The lowest BCUT2D eigenvalue weighted by atomic mass is 10.1. The van der Waals surface area contributed by atoms with E-state index in [1.807, 2.05) is 11.8 Å². The Kier molecular flexibility index (Phi) is 6.06. The number of hydrogen-bond donors (Lipinski definition) is 3. The third-order valence-corrected chi connectivity index (χ3v) is 4.99. The van der Waals surface area contributed by atoms with Gasteiger partial charge in [0.1, 0.15) is 5.82 Å². The van der Waals surface area contributed by atoms with Crippen molar-refractivity contribution in [3.63, 3.8) is 0 Å². The highest BCUT2D eigenvalue weighted by Gasteiger charge is 2.19. The van der Waals surface area contributed by atoms with Gasteiger partial charge in [-0.15, -0.1) is 0 Å². The van der Waals surface area contributed by atoms with Crippen molar-refractivity contribution in [3.05, 3.63) is 66.1 Å². The molecule has 0 radical (unpaired) electrons. The summed E-state index contributed by atoms with van der Waals surface area (Å²) in [6, 6.07) is 13.3. The number of amides is 1. The number of halogens is 1. The number of hydroxylamine groups is 1. The second-order valence-electron chi connectivity index (χ2n) is 7.20. The van der Waals surface area contributed by atoms with Crippen molar-refractivity contribution in [3.8, 4) is 11.3 Å². The molecule has 3 N–H and O–H groups in total. The van der Waals surface area contributed by atoms with E-state index in [2.05, 4.69) is 15.3 Å². The Morgan fingerprint density at radius 2 is 2.03 bits per heavy atom. The topological polar surface area (TPSA) is 99.6 Å². The Bertz CT molecular complexity index is 1080. The molecule has 1 saturated heterocycles. The van der Waals surface area contributed by atoms with Gasteiger partial charge in [-0.2, -0.15) is 0 Å². The lowest BCUT2D eigenvalue weighted by Crippen LogP contribution is -2.41. The summed E-state index contributed by atoms with van der Waals surface area (Å²) in [7, 11) is 0. The molecule has 1 aromatic heterocycles. The van der Waals surface area contributed by atoms with E-state index in [1.54, 1.807) is 54.1 Å². The van der Waals surface area contributed by atoms with E-state index in [-0.39, 0.29) is 11.9 Å². The summed E-state index contributed by atoms with van der Waals surface area (Å²) in [6.45, 7) is 3.84. The van der Waals surface area contributed by atoms with Crippen molar-refractivity contribution >= 4 is 23.2 Å². The van der Waals surface area contributed by atoms with Crippen molar-refractivity contribution < 1.29 is 19.1 Å². The van der Waals surface area contributed by atoms with Crippen LogP contribution in [0, 0.1) is 5.82 Å². The predicted octanol–water partition coefficient (Wildman–Crippen LogP) is 3.37. The zero-order chi connectivity index (χ0) is 21.8. The zero-order valence-corrected chi connectivity index (χ0v) is 16.9. The van der Waals surface area contributed by atoms with Crippen LogP contribution in [0.2, 0.25) is 0 Å². The van der Waals surface area contributed by atoms with Crippen LogP contribution >= 0.6 is 0 Å². The van der Waals surface area contributed by atoms with Gasteiger partial charge in [-0.1, -0.05) is 12.1 Å². The number of nitrogens with zero attached hydrogens (tertiary/aromatic N) is 3. The van der Waals surface area contributed by atoms with Crippen LogP contribution in [-0.4, -0.2) is 46.9 Å². The number of anilines is 3. The number of carbonyl (C=O) groups excluding carboxylic acids is 1. The average molecular weight is 423 g/mol. The van der Waals surface area contributed by atoms with Crippen LogP contribution < -0.4 is 15.7 Å². The molecule has 1 atom stereocenters. The molecule has 31 heavy (non-hydrogen) atoms. The Hall–Kier alpha value is -3.56. The van der Waals surface area contributed by atoms with Crippen LogP contribution in [0.1, 0.15) is 17.3 Å². The summed E-state index contributed by atoms with van der Waals surface area (Å²) < 4.78 is 20.2. The predicted molar refractivity (Wildman–Crippen MR) is 114 cm³/mol. The average Bonchev–Trinajstić information content (AvgIpc) is 2.79. The van der Waals surface area contributed by atoms with Gasteiger partial charge >= 0.3 is 0 Å². The molecule has 8 nitrogen and oxygen atoms in total. The molecule has 0 saturated carbocycles. The molecular weight excluding hydrogens is 401 g/mol. The van der Waals surface area contributed by atoms with Crippen molar-refractivity contribution in [2.75, 3.05) is 29.9 Å². The fraction of sp³-hybridized carbons (Fsp3) is 0.227. The lowest BCUT2D eigenvalue weighted by Gasteiger charge is -2.33. The molecular formula is C22H22FN5O3. The van der Waals surface area contributed by atoms with Gasteiger partial charge in [0.2, 0.25) is 5.95 Å². The quantitative estimate of drug-likeness (QED) is 0.427. The number of rotatable bonds is 5. The van der Waals surface area contributed by atoms with Crippen LogP contribution in [-0.2, 0) is 4.74 Å². The second kappa shape index (κ2) is 9.07. The van der Waals surface area contributed by atoms with Gasteiger partial charge in [0, 0.05) is 36.1 Å². The number of benzene rings is 2. The summed E-state index contributed by atoms with van der Waals surface area (Å²) >= 11 is 0. The Labute approximate surface area is 178 Å². The maximum absolute atomic E-state index is 14.7. The lowest BCUT2D eigenvalue weighted by molar-refractivity contribution is 0.0530. The van der Waals surface area contributed by atoms with Gasteiger partial charge in [0.15, 0.2) is 0 Å². The number of hydrogen-bond acceptors (Lipinski definition) is 7. The second-order valence-corrected chi connectivity index (χ2v) is 7.20. The van der Waals surface area contributed by atoms with Crippen molar-refractivity contribution in [2.24, 2.45) is 0 Å². The van der Waals surface area contributed by atoms with Gasteiger partial charge in [-0.05, 0) is 43.3 Å². The summed E-state index contributed by atoms with van der Waals surface area (Å²) in [4.78, 5) is 22.1. The van der Waals surface area contributed by atoms with Gasteiger partial charge in [-0.25, -0.2) is 19.8 Å². The smallest absolute Gasteiger partial charge is 0.274 e. The summed E-state index contributed by atoms with van der Waals surface area (Å²) in [6.07, 6.45) is 1.66. The Morgan fingerprint density at radius 3 is 2.74 bits per heavy atom. The normalized spacial score (nSPS) is 16.1. The first kappa shape index (κ1) is 20.7. The minimum atomic E-state index is -0.589. The third-order valence-electron chi connectivity index (χ3n) is 4.99. The molecule has 3 aromatic rings. The van der Waals surface area contributed by atoms with E-state index >= 15 is 0 Å². The summed E-state index contributed by atoms with van der Waals surface area (Å²) in [5, 5.41) is 11.7. The molecule has 160 valence electrons. The minimum absolute atomic E-state index is 0.0641. The summed E-state index contributed by atoms with van der Waals surface area (Å²) in [5.74, 6) is -0.594. The number of aromatic nitrogens is 2. The van der Waals surface area contributed by atoms with Crippen molar-refractivity contribution in [1.29, 1.82) is 0 Å². The Morgan fingerprint density at radius 1 is 1.23 bits per heavy atom. The first-order valence-electron chi connectivity index (χ1n) is 9.84. The van der Waals surface area contributed by atoms with Crippen molar-refractivity contribution in [1.82, 2.24) is 15.4 Å². The van der Waals surface area contributed by atoms with E-state index < -0.39 is 5.91 Å². The zero-order valence-electron chi connectivity index (χ0n) is 16.9. The molecule has 1 unspecified atom stereocenters. The molecule has 1 aliphatic heterocycles. The van der Waals surface area contributed by atoms with E-state index in [0.717, 1.165) is 5.56 Å². The molecule has 1 amide bonds. The highest BCUT2D eigenvalue weighted by atomic mass is 19.1. The molecule has 1 fully saturated rings. The van der Waals surface area contributed by atoms with Crippen LogP contribution in [0.25, 0.3) is 11.3 Å². The van der Waals surface area contributed by atoms with E-state index in [4.69, 9.17) is 9.94 Å². The van der Waals surface area contributed by atoms with Crippen LogP contribution in [0.15, 0.2) is 54.7 Å². The molecule has 0 bridgehead atoms. The molecule has 9 heteroatoms. The minimum Gasteiger partial charge on any atom is -0.375 e. The highest BCUT2D eigenvalue weighted by molar-refractivity contribution is 5.93. The van der Waals surface area contributed by atoms with E-state index in [0.29, 0.717) is 48.3 Å². The number of nitrogens with one attached hydrogen (secondary N) is 2. The van der Waals surface area contributed by atoms with E-state index in [1.165, 1.54) is 6.07 Å². The highest BCUT2D eigenvalue weighted by Crippen LogP contribution is 2.26. The first-order valence-corrected chi connectivity index (χ1v) is 9.84. The third kappa shape index (κ3) is 4.79. The molecule has 0 aliphatic carbocycles. The fourth-order valence-corrected chi connectivity index (χ4v) is 3.44. The van der Waals surface area contributed by atoms with Gasteiger partial charge < -0.3 is 15.0 Å². The summed E-state index contributed by atoms with van der Waals surface area (Å²) in [5.41, 5.74) is 4.40. The van der Waals surface area contributed by atoms with Gasteiger partial charge in [0.05, 0.1) is 24.1 Å². The van der Waals surface area contributed by atoms with Crippen LogP contribution in [0.5, 0.6) is 0 Å². The molecule has 2 heterocycles. The maximum atomic E-state index is 14.7. The van der Waals surface area contributed by atoms with Gasteiger partial charge in [0.25, 0.3) is 5.91 Å². The molecule has 2 aromatic carbocycles. The molecule has 1 aliphatic rings. The first-order chi connectivity index (χ1) is 15.0.